The Hall–Kier alpha value is -2.70. The van der Waals surface area contributed by atoms with Crippen molar-refractivity contribution >= 4 is 29.2 Å². The third-order valence-corrected chi connectivity index (χ3v) is 3.94. The number of fused-ring (bicyclic) bond motifs is 1. The number of hydrazone groups is 1. The normalized spacial score (nSPS) is 19.7. The smallest absolute Gasteiger partial charge is 0.355 e. The Balaban J connectivity index is 1.62. The van der Waals surface area contributed by atoms with Crippen molar-refractivity contribution in [3.63, 3.8) is 0 Å². The minimum atomic E-state index is -0.668. The van der Waals surface area contributed by atoms with Crippen molar-refractivity contribution < 1.29 is 19.1 Å². The molecule has 0 bridgehead atoms. The molecule has 7 nitrogen and oxygen atoms in total. The molecule has 1 aromatic rings. The quantitative estimate of drug-likeness (QED) is 0.835. The Morgan fingerprint density at radius 2 is 2.13 bits per heavy atom. The number of hydrogen-bond donors (Lipinski definition) is 1. The van der Waals surface area contributed by atoms with Crippen molar-refractivity contribution in [1.82, 2.24) is 5.43 Å². The maximum atomic E-state index is 12.4. The number of amides is 2. The average molecular weight is 315 g/mol. The lowest BCUT2D eigenvalue weighted by Crippen LogP contribution is -2.39. The number of ether oxygens (including phenoxy) is 1. The largest absolute Gasteiger partial charge is 0.451 e. The number of esters is 1. The van der Waals surface area contributed by atoms with E-state index in [2.05, 4.69) is 10.5 Å². The van der Waals surface area contributed by atoms with Crippen LogP contribution in [0.15, 0.2) is 29.4 Å². The van der Waals surface area contributed by atoms with Crippen molar-refractivity contribution in [3.8, 4) is 0 Å². The van der Waals surface area contributed by atoms with Gasteiger partial charge in [-0.3, -0.25) is 9.59 Å². The lowest BCUT2D eigenvalue weighted by Gasteiger charge is -2.22. The molecule has 2 amide bonds. The summed E-state index contributed by atoms with van der Waals surface area (Å²) < 4.78 is 5.04. The van der Waals surface area contributed by atoms with Crippen LogP contribution in [0.4, 0.5) is 5.69 Å². The van der Waals surface area contributed by atoms with Gasteiger partial charge in [0.1, 0.15) is 5.71 Å². The van der Waals surface area contributed by atoms with Crippen LogP contribution in [0.3, 0.4) is 0 Å². The Kier molecular flexibility index (Phi) is 4.10. The molecule has 0 aliphatic carbocycles. The van der Waals surface area contributed by atoms with Crippen LogP contribution >= 0.6 is 0 Å². The van der Waals surface area contributed by atoms with Crippen molar-refractivity contribution in [2.75, 3.05) is 11.5 Å². The fraction of sp³-hybridized carbons (Fsp3) is 0.375. The topological polar surface area (TPSA) is 88.1 Å². The second-order valence-corrected chi connectivity index (χ2v) is 5.62. The Bertz CT molecular complexity index is 698. The summed E-state index contributed by atoms with van der Waals surface area (Å²) in [5.41, 5.74) is 4.33. The first-order valence-electron chi connectivity index (χ1n) is 7.48. The van der Waals surface area contributed by atoms with E-state index in [1.807, 2.05) is 31.2 Å². The summed E-state index contributed by atoms with van der Waals surface area (Å²) in [5, 5.41) is 3.65. The van der Waals surface area contributed by atoms with E-state index in [0.29, 0.717) is 0 Å². The Morgan fingerprint density at radius 3 is 2.87 bits per heavy atom. The fourth-order valence-corrected chi connectivity index (χ4v) is 2.85. The zero-order valence-electron chi connectivity index (χ0n) is 12.7. The molecule has 1 aromatic carbocycles. The van der Waals surface area contributed by atoms with E-state index >= 15 is 0 Å². The molecular formula is C16H17N3O4. The molecule has 2 aliphatic rings. The number of rotatable bonds is 3. The number of anilines is 1. The minimum absolute atomic E-state index is 0.0323. The zero-order valence-corrected chi connectivity index (χ0v) is 12.7. The molecule has 7 heteroatoms. The molecule has 2 aliphatic heterocycles. The van der Waals surface area contributed by atoms with E-state index < -0.39 is 5.97 Å². The van der Waals surface area contributed by atoms with Crippen LogP contribution in [0.5, 0.6) is 0 Å². The van der Waals surface area contributed by atoms with Gasteiger partial charge in [-0.05, 0) is 25.0 Å². The van der Waals surface area contributed by atoms with Gasteiger partial charge in [0, 0.05) is 24.6 Å². The van der Waals surface area contributed by atoms with Crippen LogP contribution in [-0.2, 0) is 25.5 Å². The lowest BCUT2D eigenvalue weighted by molar-refractivity contribution is -0.141. The van der Waals surface area contributed by atoms with Crippen LogP contribution in [0.2, 0.25) is 0 Å². The highest BCUT2D eigenvalue weighted by atomic mass is 16.5. The predicted molar refractivity (Wildman–Crippen MR) is 82.9 cm³/mol. The van der Waals surface area contributed by atoms with E-state index in [9.17, 15) is 14.4 Å². The van der Waals surface area contributed by atoms with Crippen LogP contribution in [-0.4, -0.2) is 36.1 Å². The average Bonchev–Trinajstić information content (AvgIpc) is 2.88. The van der Waals surface area contributed by atoms with E-state index in [1.165, 1.54) is 0 Å². The van der Waals surface area contributed by atoms with Crippen LogP contribution < -0.4 is 10.3 Å². The Labute approximate surface area is 133 Å². The number of carbonyl (C=O) groups is 3. The van der Waals surface area contributed by atoms with Crippen LogP contribution in [0.25, 0.3) is 0 Å². The number of carbonyl (C=O) groups excluding carboxylic acids is 3. The van der Waals surface area contributed by atoms with Crippen LogP contribution in [0.1, 0.15) is 25.3 Å². The van der Waals surface area contributed by atoms with Crippen molar-refractivity contribution in [2.24, 2.45) is 5.10 Å². The van der Waals surface area contributed by atoms with Gasteiger partial charge >= 0.3 is 5.97 Å². The fourth-order valence-electron chi connectivity index (χ4n) is 2.85. The summed E-state index contributed by atoms with van der Waals surface area (Å²) in [4.78, 5) is 36.9. The zero-order chi connectivity index (χ0) is 16.4. The molecule has 0 saturated carbocycles. The summed E-state index contributed by atoms with van der Waals surface area (Å²) in [6, 6.07) is 7.73. The van der Waals surface area contributed by atoms with E-state index in [0.717, 1.165) is 17.7 Å². The molecule has 2 heterocycles. The first-order chi connectivity index (χ1) is 11.1. The van der Waals surface area contributed by atoms with Gasteiger partial charge in [0.15, 0.2) is 6.61 Å². The van der Waals surface area contributed by atoms with Crippen molar-refractivity contribution in [3.05, 3.63) is 29.8 Å². The number of hydrogen-bond acceptors (Lipinski definition) is 5. The van der Waals surface area contributed by atoms with Crippen molar-refractivity contribution in [1.29, 1.82) is 0 Å². The van der Waals surface area contributed by atoms with Crippen molar-refractivity contribution in [2.45, 2.75) is 32.2 Å². The maximum absolute atomic E-state index is 12.4. The summed E-state index contributed by atoms with van der Waals surface area (Å²) in [6.45, 7) is 1.62. The number of benzene rings is 1. The highest BCUT2D eigenvalue weighted by Gasteiger charge is 2.31. The van der Waals surface area contributed by atoms with Gasteiger partial charge < -0.3 is 9.64 Å². The highest BCUT2D eigenvalue weighted by molar-refractivity contribution is 6.37. The third kappa shape index (κ3) is 3.08. The second-order valence-electron chi connectivity index (χ2n) is 5.62. The highest BCUT2D eigenvalue weighted by Crippen LogP contribution is 2.31. The number of para-hydroxylation sites is 1. The molecule has 1 N–H and O–H groups in total. The molecule has 0 unspecified atom stereocenters. The van der Waals surface area contributed by atoms with E-state index in [1.54, 1.807) is 4.90 Å². The molecule has 0 radical (unpaired) electrons. The molecular weight excluding hydrogens is 298 g/mol. The van der Waals surface area contributed by atoms with Gasteiger partial charge in [-0.2, -0.15) is 5.10 Å². The SMILES string of the molecule is C[C@H]1Cc2ccccc2N1C(=O)COC(=O)C1=NNC(=O)CC1. The standard InChI is InChI=1S/C16H17N3O4/c1-10-8-11-4-2-3-5-13(11)19(10)15(21)9-23-16(22)12-6-7-14(20)18-17-12/h2-5,10H,6-9H2,1H3,(H,18,20)/t10-/m0/s1. The predicted octanol–water partition coefficient (Wildman–Crippen LogP) is 0.773. The van der Waals surface area contributed by atoms with E-state index in [-0.39, 0.29) is 43.0 Å². The summed E-state index contributed by atoms with van der Waals surface area (Å²) in [5.74, 6) is -1.17. The molecule has 0 saturated heterocycles. The van der Waals surface area contributed by atoms with Gasteiger partial charge in [0.2, 0.25) is 5.91 Å². The minimum Gasteiger partial charge on any atom is -0.451 e. The molecule has 0 aromatic heterocycles. The first kappa shape index (κ1) is 15.2. The molecule has 120 valence electrons. The van der Waals surface area contributed by atoms with Crippen LogP contribution in [0, 0.1) is 0 Å². The van der Waals surface area contributed by atoms with Gasteiger partial charge in [-0.1, -0.05) is 18.2 Å². The summed E-state index contributed by atoms with van der Waals surface area (Å²) in [7, 11) is 0. The third-order valence-electron chi connectivity index (χ3n) is 3.94. The summed E-state index contributed by atoms with van der Waals surface area (Å²) in [6.07, 6.45) is 1.20. The van der Waals surface area contributed by atoms with Gasteiger partial charge in [0.05, 0.1) is 0 Å². The van der Waals surface area contributed by atoms with Gasteiger partial charge in [-0.15, -0.1) is 0 Å². The molecule has 0 spiro atoms. The lowest BCUT2D eigenvalue weighted by atomic mass is 10.1. The molecule has 0 fully saturated rings. The maximum Gasteiger partial charge on any atom is 0.355 e. The summed E-state index contributed by atoms with van der Waals surface area (Å²) >= 11 is 0. The Morgan fingerprint density at radius 1 is 1.35 bits per heavy atom. The van der Waals surface area contributed by atoms with Gasteiger partial charge in [-0.25, -0.2) is 10.2 Å². The molecule has 1 atom stereocenters. The number of nitrogens with zero attached hydrogens (tertiary/aromatic N) is 2. The molecule has 3 rings (SSSR count). The van der Waals surface area contributed by atoms with E-state index in [4.69, 9.17) is 4.74 Å². The number of nitrogens with one attached hydrogen (secondary N) is 1. The molecule has 23 heavy (non-hydrogen) atoms. The van der Waals surface area contributed by atoms with Gasteiger partial charge in [0.25, 0.3) is 5.91 Å². The second kappa shape index (κ2) is 6.20. The first-order valence-corrected chi connectivity index (χ1v) is 7.48. The monoisotopic (exact) mass is 315 g/mol.